The zero-order chi connectivity index (χ0) is 19.8. The first-order valence-corrected chi connectivity index (χ1v) is 8.26. The van der Waals surface area contributed by atoms with Crippen molar-refractivity contribution in [3.63, 3.8) is 0 Å². The molecule has 140 valence electrons. The van der Waals surface area contributed by atoms with Crippen LogP contribution >= 0.6 is 0 Å². The van der Waals surface area contributed by atoms with Crippen LogP contribution in [0.3, 0.4) is 0 Å². The maximum atomic E-state index is 12.4. The number of aromatic nitrogens is 3. The van der Waals surface area contributed by atoms with Gasteiger partial charge in [-0.3, -0.25) is 14.3 Å². The van der Waals surface area contributed by atoms with Crippen molar-refractivity contribution in [1.29, 1.82) is 0 Å². The van der Waals surface area contributed by atoms with E-state index in [1.165, 1.54) is 13.8 Å². The topological polar surface area (TPSA) is 106 Å². The van der Waals surface area contributed by atoms with Crippen LogP contribution in [0.5, 0.6) is 0 Å². The normalized spacial score (nSPS) is 12.0. The van der Waals surface area contributed by atoms with Gasteiger partial charge in [-0.05, 0) is 47.1 Å². The van der Waals surface area contributed by atoms with Gasteiger partial charge in [0.15, 0.2) is 11.9 Å². The van der Waals surface area contributed by atoms with Crippen LogP contribution in [0.25, 0.3) is 0 Å². The number of nitrogens with zero attached hydrogens (tertiary/aromatic N) is 2. The monoisotopic (exact) mass is 360 g/mol. The number of ether oxygens (including phenoxy) is 1. The summed E-state index contributed by atoms with van der Waals surface area (Å²) in [5.41, 5.74) is 3.85. The average molecular weight is 360 g/mol. The smallest absolute Gasteiger partial charge is 0.355 e. The molecule has 2 rings (SSSR count). The molecule has 8 heteroatoms. The molecular weight excluding hydrogens is 336 g/mol. The first-order valence-electron chi connectivity index (χ1n) is 8.26. The van der Waals surface area contributed by atoms with Crippen molar-refractivity contribution in [3.05, 3.63) is 33.9 Å². The molecule has 1 unspecified atom stereocenters. The van der Waals surface area contributed by atoms with Gasteiger partial charge in [-0.2, -0.15) is 5.10 Å². The fraction of sp³-hybridized carbons (Fsp3) is 0.444. The van der Waals surface area contributed by atoms with Gasteiger partial charge in [0.1, 0.15) is 5.69 Å². The molecule has 0 bridgehead atoms. The summed E-state index contributed by atoms with van der Waals surface area (Å²) in [6.45, 7) is 9.93. The first-order chi connectivity index (χ1) is 12.0. The molecule has 0 aliphatic heterocycles. The summed E-state index contributed by atoms with van der Waals surface area (Å²) in [7, 11) is 1.78. The second-order valence-corrected chi connectivity index (χ2v) is 6.39. The van der Waals surface area contributed by atoms with Gasteiger partial charge < -0.3 is 15.0 Å². The van der Waals surface area contributed by atoms with Crippen LogP contribution in [-0.4, -0.2) is 38.5 Å². The van der Waals surface area contributed by atoms with Crippen LogP contribution in [0.15, 0.2) is 0 Å². The molecule has 2 aromatic heterocycles. The van der Waals surface area contributed by atoms with E-state index in [-0.39, 0.29) is 11.5 Å². The Morgan fingerprint density at radius 1 is 1.19 bits per heavy atom. The predicted molar refractivity (Wildman–Crippen MR) is 96.5 cm³/mol. The van der Waals surface area contributed by atoms with E-state index in [9.17, 15) is 14.4 Å². The summed E-state index contributed by atoms with van der Waals surface area (Å²) in [6, 6.07) is 0. The second kappa shape index (κ2) is 7.15. The summed E-state index contributed by atoms with van der Waals surface area (Å²) in [6.07, 6.45) is -1.01. The number of aryl methyl sites for hydroxylation is 3. The quantitative estimate of drug-likeness (QED) is 0.629. The number of ketones is 1. The lowest BCUT2D eigenvalue weighted by Crippen LogP contribution is -2.30. The summed E-state index contributed by atoms with van der Waals surface area (Å²) < 4.78 is 6.93. The number of Topliss-reactive ketones (excluding diaryl/α,β-unsaturated/α-hetero) is 1. The SMILES string of the molecule is CC(=O)c1c(C)[nH]c(C(=O)OC(C)C(=O)Nc2c(C)nn(C)c2C)c1C. The van der Waals surface area contributed by atoms with E-state index >= 15 is 0 Å². The van der Waals surface area contributed by atoms with Crippen LogP contribution < -0.4 is 5.32 Å². The third kappa shape index (κ3) is 3.54. The molecule has 0 aliphatic rings. The maximum Gasteiger partial charge on any atom is 0.355 e. The van der Waals surface area contributed by atoms with Crippen molar-refractivity contribution >= 4 is 23.3 Å². The summed E-state index contributed by atoms with van der Waals surface area (Å²) in [5, 5.41) is 6.97. The number of carbonyl (C=O) groups excluding carboxylic acids is 3. The van der Waals surface area contributed by atoms with Gasteiger partial charge >= 0.3 is 5.97 Å². The molecule has 2 aromatic rings. The Balaban J connectivity index is 2.13. The molecule has 2 heterocycles. The molecule has 0 saturated carbocycles. The lowest BCUT2D eigenvalue weighted by atomic mass is 10.1. The van der Waals surface area contributed by atoms with Gasteiger partial charge in [-0.1, -0.05) is 0 Å². The van der Waals surface area contributed by atoms with Crippen molar-refractivity contribution in [1.82, 2.24) is 14.8 Å². The molecule has 0 fully saturated rings. The van der Waals surface area contributed by atoms with E-state index in [1.54, 1.807) is 32.5 Å². The highest BCUT2D eigenvalue weighted by atomic mass is 16.5. The largest absolute Gasteiger partial charge is 0.448 e. The Bertz CT molecular complexity index is 892. The standard InChI is InChI=1S/C18H24N4O4/c1-8-14(12(5)23)9(2)19-15(8)18(25)26-13(6)17(24)20-16-10(3)21-22(7)11(16)4/h13,19H,1-7H3,(H,20,24). The van der Waals surface area contributed by atoms with E-state index in [0.29, 0.717) is 28.2 Å². The number of nitrogens with one attached hydrogen (secondary N) is 2. The molecule has 0 radical (unpaired) electrons. The van der Waals surface area contributed by atoms with Crippen molar-refractivity contribution in [2.24, 2.45) is 7.05 Å². The van der Waals surface area contributed by atoms with E-state index in [2.05, 4.69) is 15.4 Å². The third-order valence-electron chi connectivity index (χ3n) is 4.40. The van der Waals surface area contributed by atoms with Crippen LogP contribution in [0.2, 0.25) is 0 Å². The lowest BCUT2D eigenvalue weighted by Gasteiger charge is -2.13. The number of esters is 1. The molecule has 0 aromatic carbocycles. The first kappa shape index (κ1) is 19.4. The molecule has 1 atom stereocenters. The van der Waals surface area contributed by atoms with Gasteiger partial charge in [0.25, 0.3) is 5.91 Å². The van der Waals surface area contributed by atoms with Gasteiger partial charge in [-0.25, -0.2) is 4.79 Å². The third-order valence-corrected chi connectivity index (χ3v) is 4.40. The number of anilines is 1. The highest BCUT2D eigenvalue weighted by Crippen LogP contribution is 2.21. The molecule has 2 N–H and O–H groups in total. The minimum atomic E-state index is -1.01. The highest BCUT2D eigenvalue weighted by molar-refractivity contribution is 6.02. The Kier molecular flexibility index (Phi) is 5.34. The summed E-state index contributed by atoms with van der Waals surface area (Å²) in [4.78, 5) is 39.3. The van der Waals surface area contributed by atoms with Gasteiger partial charge in [0, 0.05) is 18.3 Å². The molecule has 0 spiro atoms. The predicted octanol–water partition coefficient (Wildman–Crippen LogP) is 2.37. The van der Waals surface area contributed by atoms with E-state index < -0.39 is 18.0 Å². The Morgan fingerprint density at radius 2 is 1.81 bits per heavy atom. The van der Waals surface area contributed by atoms with E-state index in [4.69, 9.17) is 4.74 Å². The maximum absolute atomic E-state index is 12.4. The number of H-pyrrole nitrogens is 1. The van der Waals surface area contributed by atoms with Crippen LogP contribution in [0.4, 0.5) is 5.69 Å². The van der Waals surface area contributed by atoms with E-state index in [1.807, 2.05) is 6.92 Å². The summed E-state index contributed by atoms with van der Waals surface area (Å²) >= 11 is 0. The zero-order valence-electron chi connectivity index (χ0n) is 16.1. The number of amides is 1. The second-order valence-electron chi connectivity index (χ2n) is 6.39. The molecular formula is C18H24N4O4. The number of rotatable bonds is 5. The summed E-state index contributed by atoms with van der Waals surface area (Å²) in [5.74, 6) is -1.27. The Labute approximate surface area is 151 Å². The number of carbonyl (C=O) groups is 3. The number of aromatic amines is 1. The number of hydrogen-bond donors (Lipinski definition) is 2. The number of hydrogen-bond acceptors (Lipinski definition) is 5. The Hall–Kier alpha value is -2.90. The van der Waals surface area contributed by atoms with Crippen molar-refractivity contribution < 1.29 is 19.1 Å². The van der Waals surface area contributed by atoms with Crippen LogP contribution in [-0.2, 0) is 16.6 Å². The fourth-order valence-corrected chi connectivity index (χ4v) is 2.93. The fourth-order valence-electron chi connectivity index (χ4n) is 2.93. The average Bonchev–Trinajstić information content (AvgIpc) is 2.97. The van der Waals surface area contributed by atoms with Crippen molar-refractivity contribution in [2.45, 2.75) is 47.6 Å². The van der Waals surface area contributed by atoms with Gasteiger partial charge in [0.2, 0.25) is 0 Å². The van der Waals surface area contributed by atoms with E-state index in [0.717, 1.165) is 5.69 Å². The molecule has 1 amide bonds. The minimum Gasteiger partial charge on any atom is -0.448 e. The lowest BCUT2D eigenvalue weighted by molar-refractivity contribution is -0.123. The van der Waals surface area contributed by atoms with Gasteiger partial charge in [0.05, 0.1) is 17.1 Å². The molecule has 26 heavy (non-hydrogen) atoms. The molecule has 8 nitrogen and oxygen atoms in total. The minimum absolute atomic E-state index is 0.136. The zero-order valence-corrected chi connectivity index (χ0v) is 16.1. The van der Waals surface area contributed by atoms with Crippen LogP contribution in [0.1, 0.15) is 57.3 Å². The van der Waals surface area contributed by atoms with Gasteiger partial charge in [-0.15, -0.1) is 0 Å². The van der Waals surface area contributed by atoms with Crippen molar-refractivity contribution in [2.75, 3.05) is 5.32 Å². The Morgan fingerprint density at radius 3 is 2.27 bits per heavy atom. The van der Waals surface area contributed by atoms with Crippen molar-refractivity contribution in [3.8, 4) is 0 Å². The van der Waals surface area contributed by atoms with Crippen LogP contribution in [0, 0.1) is 27.7 Å². The molecule has 0 saturated heterocycles. The highest BCUT2D eigenvalue weighted by Gasteiger charge is 2.25. The molecule has 0 aliphatic carbocycles.